The van der Waals surface area contributed by atoms with E-state index in [1.165, 1.54) is 37.0 Å². The summed E-state index contributed by atoms with van der Waals surface area (Å²) < 4.78 is 51.6. The molecule has 0 saturated carbocycles. The number of aryl methyl sites for hydroxylation is 2. The van der Waals surface area contributed by atoms with Gasteiger partial charge in [-0.05, 0) is 66.9 Å². The van der Waals surface area contributed by atoms with Crippen LogP contribution in [0.5, 0.6) is 11.5 Å². The summed E-state index contributed by atoms with van der Waals surface area (Å²) in [5.74, 6) is 1.05. The fourth-order valence-corrected chi connectivity index (χ4v) is 3.75. The van der Waals surface area contributed by atoms with Crippen LogP contribution >= 0.6 is 0 Å². The molecule has 0 aliphatic carbocycles. The third kappa shape index (κ3) is 4.77. The minimum absolute atomic E-state index is 0.260. The number of hydrogen-bond acceptors (Lipinski definition) is 4. The molecule has 0 aliphatic rings. The van der Waals surface area contributed by atoms with Gasteiger partial charge in [0, 0.05) is 6.07 Å². The summed E-state index contributed by atoms with van der Waals surface area (Å²) >= 11 is 0. The largest absolute Gasteiger partial charge is 0.493 e. The molecule has 0 aliphatic heterocycles. The van der Waals surface area contributed by atoms with Gasteiger partial charge >= 0.3 is 6.18 Å². The molecule has 0 radical (unpaired) electrons. The highest BCUT2D eigenvalue weighted by molar-refractivity contribution is 5.84. The number of nitrogens with zero attached hydrogens (tertiary/aromatic N) is 2. The molecule has 35 heavy (non-hydrogen) atoms. The Morgan fingerprint density at radius 2 is 1.60 bits per heavy atom. The first-order chi connectivity index (χ1) is 16.6. The zero-order valence-electron chi connectivity index (χ0n) is 19.6. The minimum atomic E-state index is -4.46. The Balaban J connectivity index is 1.96. The fourth-order valence-electron chi connectivity index (χ4n) is 3.75. The van der Waals surface area contributed by atoms with E-state index in [2.05, 4.69) is 4.98 Å². The Morgan fingerprint density at radius 3 is 2.26 bits per heavy atom. The van der Waals surface area contributed by atoms with Crippen LogP contribution in [0.15, 0.2) is 59.4 Å². The van der Waals surface area contributed by atoms with E-state index in [1.807, 2.05) is 26.0 Å². The third-order valence-corrected chi connectivity index (χ3v) is 5.79. The van der Waals surface area contributed by atoms with Crippen molar-refractivity contribution < 1.29 is 22.6 Å². The summed E-state index contributed by atoms with van der Waals surface area (Å²) in [5, 5.41) is 0.317. The van der Waals surface area contributed by atoms with Crippen molar-refractivity contribution in [2.45, 2.75) is 20.0 Å². The van der Waals surface area contributed by atoms with Crippen molar-refractivity contribution in [1.29, 1.82) is 0 Å². The Morgan fingerprint density at radius 1 is 0.886 bits per heavy atom. The Bertz CT molecular complexity index is 1500. The average molecular weight is 480 g/mol. The summed E-state index contributed by atoms with van der Waals surface area (Å²) in [6, 6.07) is 13.7. The molecule has 4 aromatic rings. The van der Waals surface area contributed by atoms with E-state index in [0.717, 1.165) is 23.3 Å². The standard InChI is InChI=1S/C27H23F3N2O3/c1-16-8-10-20(12-17(16)2)32-25(11-9-18-6-5-7-19(13-18)27(28,29)30)31-22-15-24(35-4)23(34-3)14-21(22)26(32)33/h5-15H,1-4H3/b11-9-. The second kappa shape index (κ2) is 9.29. The topological polar surface area (TPSA) is 53.4 Å². The number of benzene rings is 3. The van der Waals surface area contributed by atoms with Gasteiger partial charge in [-0.2, -0.15) is 13.2 Å². The van der Waals surface area contributed by atoms with Crippen LogP contribution < -0.4 is 15.0 Å². The van der Waals surface area contributed by atoms with Crippen LogP contribution in [0.4, 0.5) is 13.2 Å². The molecule has 0 unspecified atom stereocenters. The molecule has 5 nitrogen and oxygen atoms in total. The first-order valence-electron chi connectivity index (χ1n) is 10.7. The molecule has 1 heterocycles. The van der Waals surface area contributed by atoms with Gasteiger partial charge in [-0.3, -0.25) is 9.36 Å². The van der Waals surface area contributed by atoms with E-state index in [0.29, 0.717) is 33.7 Å². The first kappa shape index (κ1) is 24.1. The molecule has 0 N–H and O–H groups in total. The van der Waals surface area contributed by atoms with E-state index >= 15 is 0 Å². The molecule has 0 atom stereocenters. The molecule has 0 spiro atoms. The molecule has 0 saturated heterocycles. The van der Waals surface area contributed by atoms with Crippen molar-refractivity contribution in [1.82, 2.24) is 9.55 Å². The smallest absolute Gasteiger partial charge is 0.416 e. The molecule has 0 bridgehead atoms. The lowest BCUT2D eigenvalue weighted by molar-refractivity contribution is -0.137. The van der Waals surface area contributed by atoms with Crippen molar-refractivity contribution >= 4 is 23.1 Å². The number of aromatic nitrogens is 2. The second-order valence-electron chi connectivity index (χ2n) is 8.06. The van der Waals surface area contributed by atoms with Crippen LogP contribution in [0.25, 0.3) is 28.7 Å². The first-order valence-corrected chi connectivity index (χ1v) is 10.7. The number of halogens is 3. The van der Waals surface area contributed by atoms with Crippen molar-refractivity contribution in [3.63, 3.8) is 0 Å². The van der Waals surface area contributed by atoms with Gasteiger partial charge < -0.3 is 9.47 Å². The highest BCUT2D eigenvalue weighted by Gasteiger charge is 2.30. The Labute approximate surface area is 200 Å². The van der Waals surface area contributed by atoms with Crippen LogP contribution in [-0.2, 0) is 6.18 Å². The molecular formula is C27H23F3N2O3. The highest BCUT2D eigenvalue weighted by Crippen LogP contribution is 2.32. The van der Waals surface area contributed by atoms with Crippen LogP contribution in [0.2, 0.25) is 0 Å². The van der Waals surface area contributed by atoms with Gasteiger partial charge in [-0.1, -0.05) is 24.3 Å². The van der Waals surface area contributed by atoms with Gasteiger partial charge in [0.1, 0.15) is 5.82 Å². The predicted molar refractivity (Wildman–Crippen MR) is 130 cm³/mol. The van der Waals surface area contributed by atoms with Gasteiger partial charge in [0.05, 0.1) is 36.4 Å². The summed E-state index contributed by atoms with van der Waals surface area (Å²) in [6.07, 6.45) is -1.43. The predicted octanol–water partition coefficient (Wildman–Crippen LogP) is 6.21. The zero-order valence-corrected chi connectivity index (χ0v) is 19.6. The van der Waals surface area contributed by atoms with Crippen molar-refractivity contribution in [2.24, 2.45) is 0 Å². The Hall–Kier alpha value is -4.07. The number of fused-ring (bicyclic) bond motifs is 1. The third-order valence-electron chi connectivity index (χ3n) is 5.79. The van der Waals surface area contributed by atoms with Crippen molar-refractivity contribution in [3.8, 4) is 17.2 Å². The van der Waals surface area contributed by atoms with E-state index in [1.54, 1.807) is 24.3 Å². The Kier molecular flexibility index (Phi) is 6.39. The van der Waals surface area contributed by atoms with Crippen LogP contribution in [0, 0.1) is 13.8 Å². The van der Waals surface area contributed by atoms with Gasteiger partial charge in [-0.15, -0.1) is 0 Å². The molecule has 8 heteroatoms. The van der Waals surface area contributed by atoms with Crippen LogP contribution in [0.1, 0.15) is 28.1 Å². The number of alkyl halides is 3. The van der Waals surface area contributed by atoms with Gasteiger partial charge in [0.15, 0.2) is 11.5 Å². The quantitative estimate of drug-likeness (QED) is 0.341. The van der Waals surface area contributed by atoms with E-state index in [9.17, 15) is 18.0 Å². The normalized spacial score (nSPS) is 11.9. The molecule has 0 amide bonds. The SMILES string of the molecule is COc1cc2nc(/C=C\c3cccc(C(F)(F)F)c3)n(-c3ccc(C)c(C)c3)c(=O)c2cc1OC. The lowest BCUT2D eigenvalue weighted by atomic mass is 10.1. The lowest BCUT2D eigenvalue weighted by Crippen LogP contribution is -2.22. The second-order valence-corrected chi connectivity index (χ2v) is 8.06. The maximum Gasteiger partial charge on any atom is 0.416 e. The van der Waals surface area contributed by atoms with Crippen LogP contribution in [-0.4, -0.2) is 23.8 Å². The molecular weight excluding hydrogens is 457 g/mol. The molecule has 0 fully saturated rings. The zero-order chi connectivity index (χ0) is 25.3. The lowest BCUT2D eigenvalue weighted by Gasteiger charge is -2.15. The van der Waals surface area contributed by atoms with Crippen LogP contribution in [0.3, 0.4) is 0 Å². The van der Waals surface area contributed by atoms with Crippen molar-refractivity contribution in [3.05, 3.63) is 93.0 Å². The summed E-state index contributed by atoms with van der Waals surface area (Å²) in [6.45, 7) is 3.90. The van der Waals surface area contributed by atoms with E-state index in [-0.39, 0.29) is 11.4 Å². The summed E-state index contributed by atoms with van der Waals surface area (Å²) in [4.78, 5) is 18.3. The number of ether oxygens (including phenoxy) is 2. The maximum absolute atomic E-state index is 13.7. The molecule has 1 aromatic heterocycles. The highest BCUT2D eigenvalue weighted by atomic mass is 19.4. The number of hydrogen-bond donors (Lipinski definition) is 0. The monoisotopic (exact) mass is 480 g/mol. The maximum atomic E-state index is 13.7. The van der Waals surface area contributed by atoms with Gasteiger partial charge in [0.2, 0.25) is 0 Å². The summed E-state index contributed by atoms with van der Waals surface area (Å²) in [5.41, 5.74) is 2.23. The summed E-state index contributed by atoms with van der Waals surface area (Å²) in [7, 11) is 2.96. The fraction of sp³-hybridized carbons (Fsp3) is 0.185. The van der Waals surface area contributed by atoms with Gasteiger partial charge in [-0.25, -0.2) is 4.98 Å². The minimum Gasteiger partial charge on any atom is -0.493 e. The van der Waals surface area contributed by atoms with Crippen molar-refractivity contribution in [2.75, 3.05) is 14.2 Å². The molecule has 4 rings (SSSR count). The average Bonchev–Trinajstić information content (AvgIpc) is 2.83. The number of methoxy groups -OCH3 is 2. The van der Waals surface area contributed by atoms with Gasteiger partial charge in [0.25, 0.3) is 5.56 Å². The molecule has 180 valence electrons. The molecule has 3 aromatic carbocycles. The number of rotatable bonds is 5. The van der Waals surface area contributed by atoms with E-state index < -0.39 is 11.7 Å². The van der Waals surface area contributed by atoms with E-state index in [4.69, 9.17) is 9.47 Å².